The Kier molecular flexibility index (Phi) is 2.94. The highest BCUT2D eigenvalue weighted by atomic mass is 16.5. The molecule has 0 amide bonds. The fraction of sp³-hybridized carbons (Fsp3) is 0.353. The van der Waals surface area contributed by atoms with Gasteiger partial charge in [0.1, 0.15) is 11.4 Å². The Morgan fingerprint density at radius 1 is 1.10 bits per heavy atom. The third kappa shape index (κ3) is 1.87. The van der Waals surface area contributed by atoms with Crippen molar-refractivity contribution in [2.24, 2.45) is 5.92 Å². The van der Waals surface area contributed by atoms with Crippen LogP contribution >= 0.6 is 0 Å². The summed E-state index contributed by atoms with van der Waals surface area (Å²) in [5.41, 5.74) is 0.633. The molecule has 0 spiro atoms. The Labute approximate surface area is 123 Å². The summed E-state index contributed by atoms with van der Waals surface area (Å²) in [5, 5.41) is 15.0. The molecule has 2 aromatic rings. The van der Waals surface area contributed by atoms with Crippen LogP contribution in [0.3, 0.4) is 0 Å². The van der Waals surface area contributed by atoms with Crippen LogP contribution in [0.1, 0.15) is 24.0 Å². The maximum absolute atomic E-state index is 11.7. The van der Waals surface area contributed by atoms with Gasteiger partial charge in [0.15, 0.2) is 0 Å². The average molecular weight is 282 g/mol. The van der Waals surface area contributed by atoms with Gasteiger partial charge in [0.05, 0.1) is 5.56 Å². The first-order valence-electron chi connectivity index (χ1n) is 7.46. The third-order valence-corrected chi connectivity index (χ3v) is 4.62. The second-order valence-corrected chi connectivity index (χ2v) is 5.74. The van der Waals surface area contributed by atoms with Gasteiger partial charge in [0.25, 0.3) is 0 Å². The lowest BCUT2D eigenvalue weighted by atomic mass is 9.71. The molecule has 4 heteroatoms. The van der Waals surface area contributed by atoms with Crippen molar-refractivity contribution in [3.8, 4) is 11.6 Å². The predicted octanol–water partition coefficient (Wildman–Crippen LogP) is 2.42. The van der Waals surface area contributed by atoms with Crippen molar-refractivity contribution < 1.29 is 9.84 Å². The number of pyridine rings is 1. The molecule has 0 radical (unpaired) electrons. The van der Waals surface area contributed by atoms with Gasteiger partial charge in [0.2, 0.25) is 5.88 Å². The van der Waals surface area contributed by atoms with Gasteiger partial charge in [-0.2, -0.15) is 0 Å². The first-order chi connectivity index (χ1) is 10.3. The number of piperidine rings is 1. The van der Waals surface area contributed by atoms with Crippen LogP contribution in [-0.2, 0) is 5.60 Å². The van der Waals surface area contributed by atoms with Gasteiger partial charge in [-0.05, 0) is 50.0 Å². The SMILES string of the molecule is OC1(C2CCNCC2)c2ccccc2Oc2ncccc21. The molecular formula is C17H18N2O2. The van der Waals surface area contributed by atoms with Gasteiger partial charge in [-0.3, -0.25) is 0 Å². The number of benzene rings is 1. The lowest BCUT2D eigenvalue weighted by Crippen LogP contribution is -2.44. The van der Waals surface area contributed by atoms with Gasteiger partial charge in [-0.1, -0.05) is 18.2 Å². The van der Waals surface area contributed by atoms with E-state index in [1.54, 1.807) is 6.20 Å². The van der Waals surface area contributed by atoms with Crippen molar-refractivity contribution in [1.29, 1.82) is 0 Å². The summed E-state index contributed by atoms with van der Waals surface area (Å²) in [4.78, 5) is 4.31. The smallest absolute Gasteiger partial charge is 0.225 e. The van der Waals surface area contributed by atoms with Crippen molar-refractivity contribution in [2.75, 3.05) is 13.1 Å². The molecule has 1 unspecified atom stereocenters. The Morgan fingerprint density at radius 2 is 1.86 bits per heavy atom. The zero-order valence-electron chi connectivity index (χ0n) is 11.7. The molecule has 0 bridgehead atoms. The number of aromatic nitrogens is 1. The van der Waals surface area contributed by atoms with E-state index in [2.05, 4.69) is 10.3 Å². The predicted molar refractivity (Wildman–Crippen MR) is 79.3 cm³/mol. The van der Waals surface area contributed by atoms with Crippen LogP contribution in [0.15, 0.2) is 42.6 Å². The molecule has 1 atom stereocenters. The van der Waals surface area contributed by atoms with E-state index < -0.39 is 5.60 Å². The number of hydrogen-bond acceptors (Lipinski definition) is 4. The van der Waals surface area contributed by atoms with Crippen LogP contribution in [-0.4, -0.2) is 23.2 Å². The van der Waals surface area contributed by atoms with E-state index in [0.717, 1.165) is 37.1 Å². The molecule has 2 aliphatic rings. The third-order valence-electron chi connectivity index (χ3n) is 4.62. The van der Waals surface area contributed by atoms with Crippen molar-refractivity contribution in [3.05, 3.63) is 53.7 Å². The van der Waals surface area contributed by atoms with Gasteiger partial charge in [-0.25, -0.2) is 4.98 Å². The van der Waals surface area contributed by atoms with E-state index in [1.807, 2.05) is 36.4 Å². The minimum Gasteiger partial charge on any atom is -0.438 e. The number of hydrogen-bond donors (Lipinski definition) is 2. The normalized spacial score (nSPS) is 24.8. The van der Waals surface area contributed by atoms with Crippen molar-refractivity contribution in [1.82, 2.24) is 10.3 Å². The number of para-hydroxylation sites is 1. The van der Waals surface area contributed by atoms with Crippen molar-refractivity contribution in [3.63, 3.8) is 0 Å². The zero-order valence-corrected chi connectivity index (χ0v) is 11.7. The molecule has 2 N–H and O–H groups in total. The first kappa shape index (κ1) is 12.8. The Bertz CT molecular complexity index is 620. The van der Waals surface area contributed by atoms with Crippen LogP contribution in [0.25, 0.3) is 0 Å². The number of rotatable bonds is 1. The topological polar surface area (TPSA) is 54.4 Å². The lowest BCUT2D eigenvalue weighted by molar-refractivity contribution is -0.00613. The molecule has 2 aliphatic heterocycles. The van der Waals surface area contributed by atoms with E-state index >= 15 is 0 Å². The second-order valence-electron chi connectivity index (χ2n) is 5.74. The largest absolute Gasteiger partial charge is 0.438 e. The van der Waals surface area contributed by atoms with Crippen LogP contribution in [0, 0.1) is 5.92 Å². The molecular weight excluding hydrogens is 264 g/mol. The van der Waals surface area contributed by atoms with Gasteiger partial charge < -0.3 is 15.2 Å². The van der Waals surface area contributed by atoms with Gasteiger partial charge in [-0.15, -0.1) is 0 Å². The Balaban J connectivity index is 1.92. The maximum atomic E-state index is 11.7. The van der Waals surface area contributed by atoms with Crippen LogP contribution in [0.5, 0.6) is 11.6 Å². The van der Waals surface area contributed by atoms with E-state index in [1.165, 1.54) is 0 Å². The highest BCUT2D eigenvalue weighted by molar-refractivity contribution is 5.53. The minimum atomic E-state index is -1.01. The summed E-state index contributed by atoms with van der Waals surface area (Å²) in [6.45, 7) is 1.87. The standard InChI is InChI=1S/C17H18N2O2/c20-17(12-7-10-18-11-8-12)13-4-1-2-6-15(13)21-16-14(17)5-3-9-19-16/h1-6,9,12,18,20H,7-8,10-11H2. The van der Waals surface area contributed by atoms with Crippen molar-refractivity contribution in [2.45, 2.75) is 18.4 Å². The highest BCUT2D eigenvalue weighted by Gasteiger charge is 2.47. The average Bonchev–Trinajstić information content (AvgIpc) is 2.56. The summed E-state index contributed by atoms with van der Waals surface area (Å²) in [7, 11) is 0. The molecule has 108 valence electrons. The Morgan fingerprint density at radius 3 is 2.71 bits per heavy atom. The molecule has 21 heavy (non-hydrogen) atoms. The van der Waals surface area contributed by atoms with Gasteiger partial charge in [0, 0.05) is 11.8 Å². The molecule has 1 aromatic carbocycles. The molecule has 3 heterocycles. The van der Waals surface area contributed by atoms with E-state index in [-0.39, 0.29) is 5.92 Å². The van der Waals surface area contributed by atoms with E-state index in [0.29, 0.717) is 11.6 Å². The van der Waals surface area contributed by atoms with Crippen LogP contribution in [0.2, 0.25) is 0 Å². The lowest BCUT2D eigenvalue weighted by Gasteiger charge is -2.42. The quantitative estimate of drug-likeness (QED) is 0.843. The number of ether oxygens (including phenoxy) is 1. The number of nitrogens with zero attached hydrogens (tertiary/aromatic N) is 1. The molecule has 1 saturated heterocycles. The second kappa shape index (κ2) is 4.83. The highest BCUT2D eigenvalue weighted by Crippen LogP contribution is 2.51. The summed E-state index contributed by atoms with van der Waals surface area (Å²) in [6.07, 6.45) is 3.59. The number of aliphatic hydroxyl groups is 1. The molecule has 1 fully saturated rings. The van der Waals surface area contributed by atoms with E-state index in [9.17, 15) is 5.11 Å². The Hall–Kier alpha value is -1.91. The fourth-order valence-electron chi connectivity index (χ4n) is 3.56. The van der Waals surface area contributed by atoms with E-state index in [4.69, 9.17) is 4.74 Å². The number of nitrogens with one attached hydrogen (secondary N) is 1. The monoisotopic (exact) mass is 282 g/mol. The minimum absolute atomic E-state index is 0.173. The van der Waals surface area contributed by atoms with Crippen LogP contribution in [0.4, 0.5) is 0 Å². The molecule has 1 aromatic heterocycles. The molecule has 4 nitrogen and oxygen atoms in total. The molecule has 0 aliphatic carbocycles. The van der Waals surface area contributed by atoms with Crippen molar-refractivity contribution >= 4 is 0 Å². The summed E-state index contributed by atoms with van der Waals surface area (Å²) >= 11 is 0. The summed E-state index contributed by atoms with van der Waals surface area (Å²) < 4.78 is 5.88. The molecule has 0 saturated carbocycles. The van der Waals surface area contributed by atoms with Crippen LogP contribution < -0.4 is 10.1 Å². The first-order valence-corrected chi connectivity index (χ1v) is 7.46. The number of fused-ring (bicyclic) bond motifs is 2. The zero-order chi connectivity index (χ0) is 14.3. The summed E-state index contributed by atoms with van der Waals surface area (Å²) in [6, 6.07) is 11.5. The molecule has 4 rings (SSSR count). The summed E-state index contributed by atoms with van der Waals surface area (Å²) in [5.74, 6) is 1.41. The maximum Gasteiger partial charge on any atom is 0.225 e. The van der Waals surface area contributed by atoms with Gasteiger partial charge >= 0.3 is 0 Å². The fourth-order valence-corrected chi connectivity index (χ4v) is 3.56.